The highest BCUT2D eigenvalue weighted by Gasteiger charge is 2.49. The van der Waals surface area contributed by atoms with Gasteiger partial charge in [0.05, 0.1) is 6.54 Å². The zero-order valence-electron chi connectivity index (χ0n) is 15.1. The van der Waals surface area contributed by atoms with Crippen molar-refractivity contribution < 1.29 is 14.4 Å². The second-order valence-electron chi connectivity index (χ2n) is 6.45. The number of amides is 4. The summed E-state index contributed by atoms with van der Waals surface area (Å²) in [5.74, 6) is -0.731. The molecule has 1 fully saturated rings. The smallest absolute Gasteiger partial charge is 0.325 e. The lowest BCUT2D eigenvalue weighted by Gasteiger charge is -2.24. The molecule has 1 unspecified atom stereocenters. The molecule has 7 heteroatoms. The molecule has 1 aromatic carbocycles. The monoisotopic (exact) mass is 383 g/mol. The molecule has 6 nitrogen and oxygen atoms in total. The van der Waals surface area contributed by atoms with Crippen LogP contribution in [0, 0.1) is 0 Å². The number of benzene rings is 1. The van der Waals surface area contributed by atoms with Crippen molar-refractivity contribution in [3.63, 3.8) is 0 Å². The molecular weight excluding hydrogens is 362 g/mol. The van der Waals surface area contributed by atoms with Crippen LogP contribution < -0.4 is 5.32 Å². The van der Waals surface area contributed by atoms with Gasteiger partial charge in [0.2, 0.25) is 5.91 Å². The van der Waals surface area contributed by atoms with Crippen LogP contribution in [-0.2, 0) is 21.7 Å². The molecule has 1 saturated heterocycles. The van der Waals surface area contributed by atoms with E-state index in [0.29, 0.717) is 18.7 Å². The summed E-state index contributed by atoms with van der Waals surface area (Å²) in [5.41, 5.74) is -0.491. The second-order valence-corrected chi connectivity index (χ2v) is 7.49. The summed E-state index contributed by atoms with van der Waals surface area (Å²) in [5, 5.41) is 4.66. The normalized spacial score (nSPS) is 19.1. The van der Waals surface area contributed by atoms with E-state index in [2.05, 4.69) is 11.9 Å². The predicted molar refractivity (Wildman–Crippen MR) is 104 cm³/mol. The number of rotatable bonds is 7. The van der Waals surface area contributed by atoms with Crippen molar-refractivity contribution in [3.8, 4) is 0 Å². The fourth-order valence-electron chi connectivity index (χ4n) is 3.04. The molecule has 1 aromatic heterocycles. The maximum atomic E-state index is 12.9. The van der Waals surface area contributed by atoms with Gasteiger partial charge in [0, 0.05) is 11.4 Å². The molecule has 2 aromatic rings. The van der Waals surface area contributed by atoms with Gasteiger partial charge < -0.3 is 10.2 Å². The highest BCUT2D eigenvalue weighted by Crippen LogP contribution is 2.28. The van der Waals surface area contributed by atoms with Crippen LogP contribution in [0.5, 0.6) is 0 Å². The molecule has 1 atom stereocenters. The third-order valence-corrected chi connectivity index (χ3v) is 5.41. The highest BCUT2D eigenvalue weighted by molar-refractivity contribution is 7.09. The Hall–Kier alpha value is -2.93. The Labute approximate surface area is 162 Å². The Kier molecular flexibility index (Phi) is 5.41. The van der Waals surface area contributed by atoms with E-state index in [4.69, 9.17) is 0 Å². The summed E-state index contributed by atoms with van der Waals surface area (Å²) in [6.07, 6.45) is 1.63. The van der Waals surface area contributed by atoms with Crippen LogP contribution >= 0.6 is 11.3 Å². The molecule has 1 aliphatic rings. The summed E-state index contributed by atoms with van der Waals surface area (Å²) in [7, 11) is 0. The number of nitrogens with one attached hydrogen (secondary N) is 1. The van der Waals surface area contributed by atoms with Crippen LogP contribution in [0.1, 0.15) is 17.4 Å². The highest BCUT2D eigenvalue weighted by atomic mass is 32.1. The molecule has 0 saturated carbocycles. The molecule has 2 heterocycles. The van der Waals surface area contributed by atoms with Crippen LogP contribution in [0.4, 0.5) is 4.79 Å². The average Bonchev–Trinajstić information content (AvgIpc) is 3.25. The largest absolute Gasteiger partial charge is 0.332 e. The van der Waals surface area contributed by atoms with Crippen molar-refractivity contribution in [3.05, 3.63) is 70.9 Å². The van der Waals surface area contributed by atoms with Gasteiger partial charge >= 0.3 is 6.03 Å². The van der Waals surface area contributed by atoms with E-state index >= 15 is 0 Å². The Bertz CT molecular complexity index is 851. The molecule has 27 heavy (non-hydrogen) atoms. The van der Waals surface area contributed by atoms with Gasteiger partial charge in [-0.2, -0.15) is 0 Å². The van der Waals surface area contributed by atoms with Crippen molar-refractivity contribution in [2.45, 2.75) is 19.0 Å². The van der Waals surface area contributed by atoms with Crippen molar-refractivity contribution >= 4 is 29.2 Å². The first-order chi connectivity index (χ1) is 13.0. The number of carbonyl (C=O) groups is 3. The van der Waals surface area contributed by atoms with Crippen LogP contribution in [-0.4, -0.2) is 40.7 Å². The third kappa shape index (κ3) is 3.78. The number of hydrogen-bond donors (Lipinski definition) is 1. The molecule has 0 radical (unpaired) electrons. The van der Waals surface area contributed by atoms with Gasteiger partial charge in [-0.25, -0.2) is 4.79 Å². The summed E-state index contributed by atoms with van der Waals surface area (Å²) in [4.78, 5) is 41.7. The minimum absolute atomic E-state index is 0.299. The molecule has 0 bridgehead atoms. The van der Waals surface area contributed by atoms with Gasteiger partial charge in [-0.15, -0.1) is 17.9 Å². The molecular formula is C20H21N3O3S. The van der Waals surface area contributed by atoms with Crippen LogP contribution in [0.25, 0.3) is 0 Å². The van der Waals surface area contributed by atoms with E-state index in [1.165, 1.54) is 0 Å². The van der Waals surface area contributed by atoms with E-state index in [1.54, 1.807) is 53.5 Å². The lowest BCUT2D eigenvalue weighted by Crippen LogP contribution is -2.44. The first kappa shape index (κ1) is 18.8. The van der Waals surface area contributed by atoms with Gasteiger partial charge in [0.1, 0.15) is 12.1 Å². The Morgan fingerprint density at radius 1 is 1.26 bits per heavy atom. The summed E-state index contributed by atoms with van der Waals surface area (Å²) >= 11 is 1.55. The maximum Gasteiger partial charge on any atom is 0.325 e. The van der Waals surface area contributed by atoms with Gasteiger partial charge in [-0.3, -0.25) is 14.5 Å². The number of carbonyl (C=O) groups excluding carboxylic acids is 3. The number of imide groups is 1. The van der Waals surface area contributed by atoms with Crippen LogP contribution in [0.3, 0.4) is 0 Å². The topological polar surface area (TPSA) is 69.7 Å². The Balaban J connectivity index is 1.75. The number of thiophene rings is 1. The summed E-state index contributed by atoms with van der Waals surface area (Å²) in [6.45, 7) is 5.80. The molecule has 0 spiro atoms. The maximum absolute atomic E-state index is 12.9. The van der Waals surface area contributed by atoms with Gasteiger partial charge in [0.25, 0.3) is 5.91 Å². The van der Waals surface area contributed by atoms with Crippen molar-refractivity contribution in [1.82, 2.24) is 15.1 Å². The van der Waals surface area contributed by atoms with E-state index in [-0.39, 0.29) is 12.5 Å². The number of nitrogens with zero attached hydrogens (tertiary/aromatic N) is 2. The molecule has 1 aliphatic heterocycles. The van der Waals surface area contributed by atoms with E-state index < -0.39 is 17.5 Å². The van der Waals surface area contributed by atoms with Crippen molar-refractivity contribution in [1.29, 1.82) is 0 Å². The fraction of sp³-hybridized carbons (Fsp3) is 0.250. The zero-order valence-corrected chi connectivity index (χ0v) is 15.9. The standard InChI is InChI=1S/C20H21N3O3S/c1-3-11-22(13-16-10-7-12-27-16)17(24)14-23-18(25)20(2,21-19(23)26)15-8-5-4-6-9-15/h3-10,12H,1,11,13-14H2,2H3,(H,21,26). The first-order valence-corrected chi connectivity index (χ1v) is 9.44. The third-order valence-electron chi connectivity index (χ3n) is 4.55. The molecule has 3 rings (SSSR count). The SMILES string of the molecule is C=CCN(Cc1cccs1)C(=O)CN1C(=O)NC(C)(c2ccccc2)C1=O. The molecule has 140 valence electrons. The molecule has 0 aliphatic carbocycles. The summed E-state index contributed by atoms with van der Waals surface area (Å²) in [6, 6.07) is 12.3. The average molecular weight is 383 g/mol. The number of urea groups is 1. The Morgan fingerprint density at radius 2 is 2.00 bits per heavy atom. The van der Waals surface area contributed by atoms with Gasteiger partial charge in [-0.05, 0) is 23.9 Å². The first-order valence-electron chi connectivity index (χ1n) is 8.56. The predicted octanol–water partition coefficient (Wildman–Crippen LogP) is 2.73. The van der Waals surface area contributed by atoms with Crippen molar-refractivity contribution in [2.75, 3.05) is 13.1 Å². The molecule has 4 amide bonds. The van der Waals surface area contributed by atoms with Gasteiger partial charge in [-0.1, -0.05) is 42.5 Å². The molecule has 1 N–H and O–H groups in total. The van der Waals surface area contributed by atoms with E-state index in [9.17, 15) is 14.4 Å². The van der Waals surface area contributed by atoms with E-state index in [1.807, 2.05) is 23.6 Å². The summed E-state index contributed by atoms with van der Waals surface area (Å²) < 4.78 is 0. The number of hydrogen-bond acceptors (Lipinski definition) is 4. The zero-order chi connectivity index (χ0) is 19.4. The van der Waals surface area contributed by atoms with Crippen LogP contribution in [0.2, 0.25) is 0 Å². The minimum Gasteiger partial charge on any atom is -0.332 e. The van der Waals surface area contributed by atoms with Crippen LogP contribution in [0.15, 0.2) is 60.5 Å². The van der Waals surface area contributed by atoms with Gasteiger partial charge in [0.15, 0.2) is 0 Å². The Morgan fingerprint density at radius 3 is 2.63 bits per heavy atom. The quantitative estimate of drug-likeness (QED) is 0.590. The lowest BCUT2D eigenvalue weighted by molar-refractivity contribution is -0.138. The lowest BCUT2D eigenvalue weighted by atomic mass is 9.92. The minimum atomic E-state index is -1.17. The van der Waals surface area contributed by atoms with Crippen molar-refractivity contribution in [2.24, 2.45) is 0 Å². The second kappa shape index (κ2) is 7.75. The fourth-order valence-corrected chi connectivity index (χ4v) is 3.76. The van der Waals surface area contributed by atoms with E-state index in [0.717, 1.165) is 9.78 Å².